The van der Waals surface area contributed by atoms with E-state index in [-0.39, 0.29) is 17.4 Å². The molecule has 1 atom stereocenters. The lowest BCUT2D eigenvalue weighted by Gasteiger charge is -2.27. The van der Waals surface area contributed by atoms with Crippen LogP contribution in [0.2, 0.25) is 0 Å². The molecule has 10 nitrogen and oxygen atoms in total. The molecule has 0 bridgehead atoms. The van der Waals surface area contributed by atoms with Gasteiger partial charge in [-0.2, -0.15) is 5.10 Å². The number of amides is 1. The van der Waals surface area contributed by atoms with E-state index in [1.165, 1.54) is 13.2 Å². The minimum atomic E-state index is -0.481. The Labute approximate surface area is 183 Å². The van der Waals surface area contributed by atoms with Gasteiger partial charge in [-0.05, 0) is 31.9 Å². The normalized spacial score (nSPS) is 16.3. The number of nitrogens with two attached hydrogens (primary N) is 1. The quantitative estimate of drug-likeness (QED) is 0.499. The number of hydrogen-bond donors (Lipinski definition) is 3. The predicted molar refractivity (Wildman–Crippen MR) is 116 cm³/mol. The SMILES string of the molecule is COc1ncc(F)cc1[C@H]1CCCN1c1ccnc(C(=CN)C(=O)Nc2cc(C)[nH]n2)n1. The number of carbonyl (C=O) groups excluding carboxylic acids is 1. The summed E-state index contributed by atoms with van der Waals surface area (Å²) >= 11 is 0. The van der Waals surface area contributed by atoms with Crippen molar-refractivity contribution in [2.45, 2.75) is 25.8 Å². The van der Waals surface area contributed by atoms with Gasteiger partial charge in [0.1, 0.15) is 11.6 Å². The van der Waals surface area contributed by atoms with Crippen molar-refractivity contribution in [1.29, 1.82) is 0 Å². The molecule has 32 heavy (non-hydrogen) atoms. The van der Waals surface area contributed by atoms with Gasteiger partial charge in [-0.1, -0.05) is 0 Å². The Morgan fingerprint density at radius 2 is 2.25 bits per heavy atom. The van der Waals surface area contributed by atoms with Gasteiger partial charge in [0, 0.05) is 36.3 Å². The summed E-state index contributed by atoms with van der Waals surface area (Å²) < 4.78 is 19.3. The van der Waals surface area contributed by atoms with Crippen LogP contribution in [0.4, 0.5) is 16.0 Å². The highest BCUT2D eigenvalue weighted by Crippen LogP contribution is 2.38. The Kier molecular flexibility index (Phi) is 5.97. The molecule has 4 heterocycles. The van der Waals surface area contributed by atoms with Crippen LogP contribution in [0.1, 0.15) is 36.0 Å². The number of nitrogens with zero attached hydrogens (tertiary/aromatic N) is 5. The first-order valence-corrected chi connectivity index (χ1v) is 10.0. The standard InChI is InChI=1S/C21H23FN8O2/c1-12-8-17(29-28-12)26-20(31)15(10-23)19-24-6-5-18(27-19)30-7-3-4-16(30)14-9-13(22)11-25-21(14)32-2/h5-6,8-11,16H,3-4,7,23H2,1-2H3,(H2,26,28,29,31)/t16-/m1/s1. The largest absolute Gasteiger partial charge is 0.481 e. The first-order chi connectivity index (χ1) is 15.5. The van der Waals surface area contributed by atoms with Crippen LogP contribution in [0.15, 0.2) is 36.8 Å². The third-order valence-electron chi connectivity index (χ3n) is 5.19. The molecular weight excluding hydrogens is 415 g/mol. The molecule has 1 amide bonds. The van der Waals surface area contributed by atoms with Crippen LogP contribution < -0.4 is 20.7 Å². The number of methoxy groups -OCH3 is 1. The Bertz CT molecular complexity index is 1160. The van der Waals surface area contributed by atoms with E-state index in [1.807, 2.05) is 11.8 Å². The molecule has 1 saturated heterocycles. The van der Waals surface area contributed by atoms with E-state index in [2.05, 4.69) is 30.5 Å². The molecule has 1 aliphatic heterocycles. The van der Waals surface area contributed by atoms with E-state index in [9.17, 15) is 9.18 Å². The fraction of sp³-hybridized carbons (Fsp3) is 0.286. The first-order valence-electron chi connectivity index (χ1n) is 10.0. The zero-order valence-corrected chi connectivity index (χ0v) is 17.7. The molecule has 0 unspecified atom stereocenters. The van der Waals surface area contributed by atoms with E-state index >= 15 is 0 Å². The molecule has 0 saturated carbocycles. The van der Waals surface area contributed by atoms with Gasteiger partial charge in [0.2, 0.25) is 5.88 Å². The zero-order valence-electron chi connectivity index (χ0n) is 17.7. The monoisotopic (exact) mass is 438 g/mol. The van der Waals surface area contributed by atoms with E-state index in [4.69, 9.17) is 10.5 Å². The summed E-state index contributed by atoms with van der Waals surface area (Å²) in [5, 5.41) is 9.41. The summed E-state index contributed by atoms with van der Waals surface area (Å²) in [6, 6.07) is 4.69. The lowest BCUT2D eigenvalue weighted by atomic mass is 10.1. The lowest BCUT2D eigenvalue weighted by Crippen LogP contribution is -2.25. The third kappa shape index (κ3) is 4.22. The van der Waals surface area contributed by atoms with Gasteiger partial charge in [0.05, 0.1) is 24.9 Å². The third-order valence-corrected chi connectivity index (χ3v) is 5.19. The number of aromatic nitrogens is 5. The van der Waals surface area contributed by atoms with E-state index in [0.717, 1.165) is 30.9 Å². The van der Waals surface area contributed by atoms with Gasteiger partial charge in [-0.3, -0.25) is 9.89 Å². The van der Waals surface area contributed by atoms with Crippen molar-refractivity contribution in [3.05, 3.63) is 59.7 Å². The van der Waals surface area contributed by atoms with Gasteiger partial charge in [-0.15, -0.1) is 0 Å². The second-order valence-electron chi connectivity index (χ2n) is 7.31. The van der Waals surface area contributed by atoms with Crippen molar-refractivity contribution >= 4 is 23.1 Å². The van der Waals surface area contributed by atoms with Crippen molar-refractivity contribution < 1.29 is 13.9 Å². The minimum Gasteiger partial charge on any atom is -0.481 e. The van der Waals surface area contributed by atoms with E-state index in [1.54, 1.807) is 18.3 Å². The van der Waals surface area contributed by atoms with Crippen LogP contribution in [-0.4, -0.2) is 44.7 Å². The number of aromatic amines is 1. The van der Waals surface area contributed by atoms with Crippen LogP contribution in [0.5, 0.6) is 5.88 Å². The average molecular weight is 438 g/mol. The van der Waals surface area contributed by atoms with Gasteiger partial charge >= 0.3 is 0 Å². The molecule has 3 aromatic rings. The Balaban J connectivity index is 1.62. The number of hydrogen-bond acceptors (Lipinski definition) is 8. The molecule has 4 rings (SSSR count). The Morgan fingerprint density at radius 3 is 2.97 bits per heavy atom. The number of H-pyrrole nitrogens is 1. The van der Waals surface area contributed by atoms with Crippen molar-refractivity contribution in [3.8, 4) is 5.88 Å². The highest BCUT2D eigenvalue weighted by atomic mass is 19.1. The van der Waals surface area contributed by atoms with Crippen LogP contribution in [0, 0.1) is 12.7 Å². The van der Waals surface area contributed by atoms with Crippen molar-refractivity contribution in [2.24, 2.45) is 5.73 Å². The maximum atomic E-state index is 13.9. The maximum absolute atomic E-state index is 13.9. The van der Waals surface area contributed by atoms with Gasteiger partial charge in [0.25, 0.3) is 5.91 Å². The molecule has 0 radical (unpaired) electrons. The summed E-state index contributed by atoms with van der Waals surface area (Å²) in [6.07, 6.45) is 5.50. The maximum Gasteiger partial charge on any atom is 0.262 e. The van der Waals surface area contributed by atoms with Gasteiger partial charge in [0.15, 0.2) is 11.6 Å². The van der Waals surface area contributed by atoms with Crippen molar-refractivity contribution in [1.82, 2.24) is 25.1 Å². The molecule has 4 N–H and O–H groups in total. The van der Waals surface area contributed by atoms with Crippen molar-refractivity contribution in [2.75, 3.05) is 23.9 Å². The van der Waals surface area contributed by atoms with Crippen LogP contribution in [0.3, 0.4) is 0 Å². The van der Waals surface area contributed by atoms with Crippen molar-refractivity contribution in [3.63, 3.8) is 0 Å². The van der Waals surface area contributed by atoms with Crippen LogP contribution in [0.25, 0.3) is 5.57 Å². The smallest absolute Gasteiger partial charge is 0.262 e. The average Bonchev–Trinajstić information content (AvgIpc) is 3.43. The minimum absolute atomic E-state index is 0.105. The predicted octanol–water partition coefficient (Wildman–Crippen LogP) is 2.33. The summed E-state index contributed by atoms with van der Waals surface area (Å²) in [6.45, 7) is 2.52. The van der Waals surface area contributed by atoms with Crippen LogP contribution >= 0.6 is 0 Å². The fourth-order valence-electron chi connectivity index (χ4n) is 3.77. The summed E-state index contributed by atoms with van der Waals surface area (Å²) in [5.74, 6) is 0.582. The molecule has 0 aromatic carbocycles. The number of pyridine rings is 1. The number of rotatable bonds is 6. The molecule has 166 valence electrons. The number of halogens is 1. The molecule has 1 fully saturated rings. The summed E-state index contributed by atoms with van der Waals surface area (Å²) in [5.41, 5.74) is 7.28. The number of anilines is 2. The zero-order chi connectivity index (χ0) is 22.7. The Morgan fingerprint density at radius 1 is 1.41 bits per heavy atom. The first kappa shape index (κ1) is 21.2. The van der Waals surface area contributed by atoms with E-state index in [0.29, 0.717) is 29.6 Å². The number of carbonyl (C=O) groups is 1. The summed E-state index contributed by atoms with van der Waals surface area (Å²) in [4.78, 5) is 27.6. The molecular formula is C21H23FN8O2. The second-order valence-corrected chi connectivity index (χ2v) is 7.31. The van der Waals surface area contributed by atoms with E-state index < -0.39 is 11.7 Å². The summed E-state index contributed by atoms with van der Waals surface area (Å²) in [7, 11) is 1.50. The number of aryl methyl sites for hydroxylation is 1. The van der Waals surface area contributed by atoms with Gasteiger partial charge < -0.3 is 20.7 Å². The highest BCUT2D eigenvalue weighted by molar-refractivity contribution is 6.24. The van der Waals surface area contributed by atoms with Gasteiger partial charge in [-0.25, -0.2) is 19.3 Å². The topological polar surface area (TPSA) is 135 Å². The fourth-order valence-corrected chi connectivity index (χ4v) is 3.77. The highest BCUT2D eigenvalue weighted by Gasteiger charge is 2.31. The number of ether oxygens (including phenoxy) is 1. The molecule has 1 aliphatic rings. The Hall–Kier alpha value is -4.02. The molecule has 0 spiro atoms. The van der Waals surface area contributed by atoms with Crippen LogP contribution in [-0.2, 0) is 4.79 Å². The molecule has 3 aromatic heterocycles. The molecule has 0 aliphatic carbocycles. The molecule has 11 heteroatoms. The lowest BCUT2D eigenvalue weighted by molar-refractivity contribution is -0.111. The second kappa shape index (κ2) is 9.00. The number of nitrogens with one attached hydrogen (secondary N) is 2.